The molecule has 1 aliphatic rings. The Kier molecular flexibility index (Phi) is 7.70. The summed E-state index contributed by atoms with van der Waals surface area (Å²) in [5.41, 5.74) is 1.90. The van der Waals surface area contributed by atoms with Crippen LogP contribution in [0.1, 0.15) is 54.1 Å². The van der Waals surface area contributed by atoms with E-state index in [1.54, 1.807) is 19.1 Å². The maximum absolute atomic E-state index is 12.5. The third-order valence-corrected chi connectivity index (χ3v) is 6.44. The molecule has 0 aliphatic heterocycles. The number of hydrogen-bond donors (Lipinski definition) is 2. The first-order valence-corrected chi connectivity index (χ1v) is 12.1. The lowest BCUT2D eigenvalue weighted by atomic mass is 9.88. The summed E-state index contributed by atoms with van der Waals surface area (Å²) in [4.78, 5) is 24.0. The van der Waals surface area contributed by atoms with Gasteiger partial charge in [0.05, 0.1) is 17.7 Å². The lowest BCUT2D eigenvalue weighted by Gasteiger charge is -2.29. The van der Waals surface area contributed by atoms with Crippen LogP contribution in [0, 0.1) is 12.8 Å². The Labute approximate surface area is 205 Å². The smallest absolute Gasteiger partial charge is 0.337 e. The minimum absolute atomic E-state index is 0.0757. The summed E-state index contributed by atoms with van der Waals surface area (Å²) < 4.78 is 12.1. The fourth-order valence-electron chi connectivity index (χ4n) is 4.41. The molecule has 3 aromatic rings. The van der Waals surface area contributed by atoms with Gasteiger partial charge in [0.2, 0.25) is 5.91 Å². The molecule has 6 heteroatoms. The van der Waals surface area contributed by atoms with Gasteiger partial charge in [0.15, 0.2) is 0 Å². The maximum atomic E-state index is 12.5. The molecule has 1 saturated carbocycles. The molecule has 0 heterocycles. The number of hydrogen-bond acceptors (Lipinski definition) is 4. The number of carboxylic acid groups (broad SMARTS) is 1. The van der Waals surface area contributed by atoms with Gasteiger partial charge in [-0.3, -0.25) is 4.79 Å². The van der Waals surface area contributed by atoms with Crippen LogP contribution in [0.5, 0.6) is 17.2 Å². The number of aromatic carboxylic acids is 1. The monoisotopic (exact) mass is 473 g/mol. The Bertz CT molecular complexity index is 1170. The van der Waals surface area contributed by atoms with Crippen molar-refractivity contribution in [2.75, 3.05) is 5.32 Å². The summed E-state index contributed by atoms with van der Waals surface area (Å²) in [5, 5.41) is 12.1. The number of aryl methyl sites for hydroxylation is 1. The fourth-order valence-corrected chi connectivity index (χ4v) is 4.41. The summed E-state index contributed by atoms with van der Waals surface area (Å²) in [6, 6.07) is 19.8. The zero-order valence-corrected chi connectivity index (χ0v) is 20.1. The van der Waals surface area contributed by atoms with E-state index in [0.717, 1.165) is 17.7 Å². The molecule has 0 bridgehead atoms. The van der Waals surface area contributed by atoms with Crippen LogP contribution in [0.2, 0.25) is 0 Å². The van der Waals surface area contributed by atoms with Crippen molar-refractivity contribution in [2.24, 2.45) is 5.92 Å². The molecule has 0 aromatic heterocycles. The molecule has 0 spiro atoms. The summed E-state index contributed by atoms with van der Waals surface area (Å²) in [6.45, 7) is 4.02. The van der Waals surface area contributed by atoms with E-state index in [0.29, 0.717) is 28.7 Å². The molecular weight excluding hydrogens is 442 g/mol. The minimum Gasteiger partial charge on any atom is -0.490 e. The molecule has 1 fully saturated rings. The molecule has 2 atom stereocenters. The molecule has 1 amide bonds. The van der Waals surface area contributed by atoms with E-state index < -0.39 is 5.97 Å². The average molecular weight is 474 g/mol. The molecule has 2 unspecified atom stereocenters. The third kappa shape index (κ3) is 6.41. The highest BCUT2D eigenvalue weighted by Gasteiger charge is 2.22. The van der Waals surface area contributed by atoms with E-state index in [4.69, 9.17) is 9.47 Å². The van der Waals surface area contributed by atoms with E-state index in [1.165, 1.54) is 25.3 Å². The summed E-state index contributed by atoms with van der Waals surface area (Å²) in [7, 11) is 0. The zero-order valence-electron chi connectivity index (χ0n) is 20.1. The number of anilines is 1. The van der Waals surface area contributed by atoms with Crippen molar-refractivity contribution in [1.29, 1.82) is 0 Å². The van der Waals surface area contributed by atoms with Crippen LogP contribution in [-0.2, 0) is 11.2 Å². The average Bonchev–Trinajstić information content (AvgIpc) is 2.84. The minimum atomic E-state index is -1.08. The van der Waals surface area contributed by atoms with Crippen molar-refractivity contribution in [3.63, 3.8) is 0 Å². The van der Waals surface area contributed by atoms with Gasteiger partial charge < -0.3 is 19.9 Å². The molecule has 0 saturated heterocycles. The summed E-state index contributed by atoms with van der Waals surface area (Å²) in [5.74, 6) is 1.46. The van der Waals surface area contributed by atoms with Gasteiger partial charge in [0.1, 0.15) is 23.4 Å². The molecule has 1 aliphatic carbocycles. The van der Waals surface area contributed by atoms with Crippen molar-refractivity contribution in [1.82, 2.24) is 0 Å². The Morgan fingerprint density at radius 1 is 0.914 bits per heavy atom. The first-order valence-electron chi connectivity index (χ1n) is 12.1. The van der Waals surface area contributed by atoms with Gasteiger partial charge in [-0.05, 0) is 85.7 Å². The maximum Gasteiger partial charge on any atom is 0.337 e. The van der Waals surface area contributed by atoms with Crippen molar-refractivity contribution in [3.05, 3.63) is 83.4 Å². The first-order chi connectivity index (χ1) is 16.9. The van der Waals surface area contributed by atoms with E-state index in [2.05, 4.69) is 12.2 Å². The summed E-state index contributed by atoms with van der Waals surface area (Å²) in [6.07, 6.45) is 5.24. The van der Waals surface area contributed by atoms with Crippen LogP contribution in [0.3, 0.4) is 0 Å². The van der Waals surface area contributed by atoms with Crippen LogP contribution >= 0.6 is 0 Å². The molecule has 3 aromatic carbocycles. The zero-order chi connectivity index (χ0) is 24.8. The van der Waals surface area contributed by atoms with Crippen molar-refractivity contribution in [3.8, 4) is 17.2 Å². The number of benzene rings is 3. The lowest BCUT2D eigenvalue weighted by Crippen LogP contribution is -2.28. The van der Waals surface area contributed by atoms with Crippen LogP contribution in [0.25, 0.3) is 0 Å². The largest absolute Gasteiger partial charge is 0.490 e. The third-order valence-electron chi connectivity index (χ3n) is 6.44. The molecular formula is C29H31NO5. The van der Waals surface area contributed by atoms with Gasteiger partial charge >= 0.3 is 5.97 Å². The van der Waals surface area contributed by atoms with Crippen molar-refractivity contribution in [2.45, 2.75) is 52.1 Å². The number of carbonyl (C=O) groups excluding carboxylic acids is 1. The normalized spacial score (nSPS) is 17.4. The highest BCUT2D eigenvalue weighted by atomic mass is 16.5. The van der Waals surface area contributed by atoms with Gasteiger partial charge in [0.25, 0.3) is 0 Å². The number of para-hydroxylation sites is 1. The second-order valence-corrected chi connectivity index (χ2v) is 9.16. The molecule has 0 radical (unpaired) electrons. The Morgan fingerprint density at radius 3 is 2.20 bits per heavy atom. The lowest BCUT2D eigenvalue weighted by molar-refractivity contribution is -0.115. The highest BCUT2D eigenvalue weighted by Crippen LogP contribution is 2.30. The number of carboxylic acids is 1. The molecule has 35 heavy (non-hydrogen) atoms. The van der Waals surface area contributed by atoms with E-state index in [1.807, 2.05) is 48.5 Å². The quantitative estimate of drug-likeness (QED) is 0.384. The molecule has 4 rings (SSSR count). The Morgan fingerprint density at radius 2 is 1.54 bits per heavy atom. The fraction of sp³-hybridized carbons (Fsp3) is 0.310. The van der Waals surface area contributed by atoms with Gasteiger partial charge in [-0.2, -0.15) is 0 Å². The van der Waals surface area contributed by atoms with Crippen molar-refractivity contribution < 1.29 is 24.2 Å². The van der Waals surface area contributed by atoms with Crippen molar-refractivity contribution >= 4 is 17.6 Å². The Balaban J connectivity index is 1.32. The number of amides is 1. The van der Waals surface area contributed by atoms with Crippen LogP contribution in [0.4, 0.5) is 5.69 Å². The first kappa shape index (κ1) is 24.3. The molecule has 182 valence electrons. The molecule has 2 N–H and O–H groups in total. The number of nitrogens with one attached hydrogen (secondary N) is 1. The number of carbonyl (C=O) groups is 2. The topological polar surface area (TPSA) is 84.9 Å². The predicted octanol–water partition coefficient (Wildman–Crippen LogP) is 6.62. The van der Waals surface area contributed by atoms with Crippen LogP contribution < -0.4 is 14.8 Å². The van der Waals surface area contributed by atoms with Gasteiger partial charge in [-0.15, -0.1) is 0 Å². The van der Waals surface area contributed by atoms with Crippen LogP contribution in [-0.4, -0.2) is 23.1 Å². The van der Waals surface area contributed by atoms with E-state index in [-0.39, 0.29) is 24.0 Å². The Hall–Kier alpha value is -3.80. The number of ether oxygens (including phenoxy) is 2. The van der Waals surface area contributed by atoms with Gasteiger partial charge in [-0.1, -0.05) is 37.6 Å². The second kappa shape index (κ2) is 11.1. The van der Waals surface area contributed by atoms with E-state index in [9.17, 15) is 14.7 Å². The number of rotatable bonds is 8. The standard InChI is InChI=1S/C29H31NO5/c1-19-6-3-4-9-26(19)35-24-16-14-23(15-17-24)34-22-12-10-21(11-13-22)18-27(31)30-28-20(2)7-5-8-25(28)29(32)33/h5,7-8,10-17,19,26H,3-4,6,9,18H2,1-2H3,(H,30,31)(H,32,33). The summed E-state index contributed by atoms with van der Waals surface area (Å²) >= 11 is 0. The predicted molar refractivity (Wildman–Crippen MR) is 135 cm³/mol. The highest BCUT2D eigenvalue weighted by molar-refractivity contribution is 6.01. The SMILES string of the molecule is Cc1cccc(C(=O)O)c1NC(=O)Cc1ccc(Oc2ccc(OC3CCCCC3C)cc2)cc1. The van der Waals surface area contributed by atoms with E-state index >= 15 is 0 Å². The second-order valence-electron chi connectivity index (χ2n) is 9.16. The van der Waals surface area contributed by atoms with Crippen LogP contribution in [0.15, 0.2) is 66.7 Å². The van der Waals surface area contributed by atoms with Gasteiger partial charge in [0, 0.05) is 0 Å². The van der Waals surface area contributed by atoms with Gasteiger partial charge in [-0.25, -0.2) is 4.79 Å². The molecule has 6 nitrogen and oxygen atoms in total.